The lowest BCUT2D eigenvalue weighted by atomic mass is 9.82. The number of aliphatic hydroxyl groups excluding tert-OH is 4. The lowest BCUT2D eigenvalue weighted by Gasteiger charge is -2.49. The van der Waals surface area contributed by atoms with Gasteiger partial charge in [-0.25, -0.2) is 0 Å². The maximum Gasteiger partial charge on any atom is 0.184 e. The first kappa shape index (κ1) is 34.9. The Hall–Kier alpha value is -1.54. The fraction of sp³-hybridized carbons (Fsp3) is 0.923. The van der Waals surface area contributed by atoms with Crippen molar-refractivity contribution in [3.05, 3.63) is 0 Å². The van der Waals surface area contributed by atoms with E-state index in [0.29, 0.717) is 19.3 Å². The lowest BCUT2D eigenvalue weighted by Crippen LogP contribution is -2.68. The van der Waals surface area contributed by atoms with Crippen molar-refractivity contribution in [1.29, 1.82) is 5.41 Å². The molecule has 0 radical (unpaired) electrons. The Morgan fingerprint density at radius 3 is 2.40 bits per heavy atom. The first-order chi connectivity index (χ1) is 19.7. The Morgan fingerprint density at radius 1 is 1.10 bits per heavy atom. The summed E-state index contributed by atoms with van der Waals surface area (Å²) in [5.74, 6) is -0.787. The number of nitrogens with two attached hydrogens (primary N) is 4. The van der Waals surface area contributed by atoms with E-state index in [1.54, 1.807) is 20.8 Å². The molecule has 14 atom stereocenters. The summed E-state index contributed by atoms with van der Waals surface area (Å²) in [6.45, 7) is 4.86. The van der Waals surface area contributed by atoms with Gasteiger partial charge in [0, 0.05) is 18.5 Å². The smallest absolute Gasteiger partial charge is 0.184 e. The van der Waals surface area contributed by atoms with Crippen LogP contribution < -0.4 is 28.3 Å². The minimum absolute atomic E-state index is 0.116. The van der Waals surface area contributed by atoms with Gasteiger partial charge in [0.05, 0.1) is 36.9 Å². The van der Waals surface area contributed by atoms with Gasteiger partial charge in [0.15, 0.2) is 12.6 Å². The van der Waals surface area contributed by atoms with E-state index in [9.17, 15) is 25.5 Å². The Labute approximate surface area is 246 Å². The van der Waals surface area contributed by atoms with Gasteiger partial charge in [-0.2, -0.15) is 0 Å². The third-order valence-corrected chi connectivity index (χ3v) is 8.51. The molecule has 15 N–H and O–H groups in total. The van der Waals surface area contributed by atoms with Gasteiger partial charge in [0.1, 0.15) is 48.3 Å². The van der Waals surface area contributed by atoms with Crippen LogP contribution in [0.3, 0.4) is 0 Å². The molecule has 244 valence electrons. The molecule has 3 aliphatic rings. The van der Waals surface area contributed by atoms with Crippen LogP contribution in [0.1, 0.15) is 46.5 Å². The minimum Gasteiger partial charge on any atom is -0.388 e. The van der Waals surface area contributed by atoms with E-state index in [0.717, 1.165) is 0 Å². The van der Waals surface area contributed by atoms with Crippen LogP contribution in [0.2, 0.25) is 0 Å². The summed E-state index contributed by atoms with van der Waals surface area (Å²) in [5.41, 5.74) is 22.8. The Morgan fingerprint density at radius 2 is 1.76 bits per heavy atom. The number of hydrogen-bond donors (Lipinski definition) is 11. The molecular weight excluding hydrogens is 554 g/mol. The third-order valence-electron chi connectivity index (χ3n) is 8.51. The highest BCUT2D eigenvalue weighted by Crippen LogP contribution is 2.34. The van der Waals surface area contributed by atoms with E-state index < -0.39 is 85.0 Å². The van der Waals surface area contributed by atoms with Crippen molar-refractivity contribution in [3.63, 3.8) is 0 Å². The fourth-order valence-corrected chi connectivity index (χ4v) is 5.33. The number of amidine groups is 2. The molecule has 2 heterocycles. The van der Waals surface area contributed by atoms with Crippen LogP contribution in [0.5, 0.6) is 0 Å². The van der Waals surface area contributed by atoms with E-state index >= 15 is 0 Å². The van der Waals surface area contributed by atoms with Crippen LogP contribution in [0.4, 0.5) is 0 Å². The molecule has 3 fully saturated rings. The largest absolute Gasteiger partial charge is 0.388 e. The van der Waals surface area contributed by atoms with E-state index in [4.69, 9.17) is 47.3 Å². The predicted octanol–water partition coefficient (Wildman–Crippen LogP) is -3.83. The molecule has 0 aromatic heterocycles. The van der Waals surface area contributed by atoms with Crippen molar-refractivity contribution in [2.24, 2.45) is 33.8 Å². The first-order valence-electron chi connectivity index (χ1n) is 14.6. The zero-order chi connectivity index (χ0) is 31.4. The molecular formula is C26H51N7O9. The van der Waals surface area contributed by atoms with Crippen LogP contribution >= 0.6 is 0 Å². The highest BCUT2D eigenvalue weighted by atomic mass is 16.7. The average molecular weight is 606 g/mol. The number of ether oxygens (including phenoxy) is 4. The molecule has 0 aromatic carbocycles. The number of nitrogens with one attached hydrogen (secondary N) is 2. The van der Waals surface area contributed by atoms with Gasteiger partial charge in [-0.3, -0.25) is 10.4 Å². The molecule has 1 aliphatic carbocycles. The van der Waals surface area contributed by atoms with Gasteiger partial charge in [-0.15, -0.1) is 0 Å². The van der Waals surface area contributed by atoms with Crippen molar-refractivity contribution in [3.8, 4) is 0 Å². The van der Waals surface area contributed by atoms with Crippen molar-refractivity contribution < 1.29 is 44.5 Å². The van der Waals surface area contributed by atoms with Crippen molar-refractivity contribution in [2.45, 2.75) is 125 Å². The molecule has 2 saturated heterocycles. The Bertz CT molecular complexity index is 915. The summed E-state index contributed by atoms with van der Waals surface area (Å²) in [4.78, 5) is 4.23. The van der Waals surface area contributed by atoms with E-state index in [2.05, 4.69) is 10.3 Å². The topological polar surface area (TPSA) is 290 Å². The SMILES string of the molecule is CCC(O)C(N)=NC[C@@H]1CCC(N)[C@@H](OC2C(O)C(O[C@H]3OCC(C)(O)[C@H](C)C3O)[C@H](NC(=N)C(O)CN)C[C@@H]2N)O1. The summed E-state index contributed by atoms with van der Waals surface area (Å²) >= 11 is 0. The standard InChI is InChI=1S/C26H51N7O9/c1-4-16(34)22(30)32-9-12-5-6-13(28)24(40-12)41-20-14(29)7-15(33-23(31)17(35)8-27)21(19(20)37)42-25-18(36)11(2)26(3,38)10-39-25/h11-21,24-25,34-38H,4-10,27-29H2,1-3H3,(H2,30,32)(H2,31,33)/t11-,12+,13?,14+,15-,16?,17?,18?,19?,20?,21?,24-,25-,26?/m1/s1. The van der Waals surface area contributed by atoms with E-state index in [1.807, 2.05) is 0 Å². The normalized spacial score (nSPS) is 43.0. The van der Waals surface area contributed by atoms with Crippen LogP contribution in [0.25, 0.3) is 0 Å². The molecule has 16 heteroatoms. The minimum atomic E-state index is -1.41. The molecule has 2 aliphatic heterocycles. The highest BCUT2D eigenvalue weighted by Gasteiger charge is 2.51. The summed E-state index contributed by atoms with van der Waals surface area (Å²) in [5, 5.41) is 63.8. The van der Waals surface area contributed by atoms with Crippen molar-refractivity contribution in [2.75, 3.05) is 19.7 Å². The highest BCUT2D eigenvalue weighted by molar-refractivity contribution is 5.84. The number of aliphatic hydroxyl groups is 5. The number of nitrogens with zero attached hydrogens (tertiary/aromatic N) is 1. The predicted molar refractivity (Wildman–Crippen MR) is 152 cm³/mol. The van der Waals surface area contributed by atoms with Gasteiger partial charge in [0.2, 0.25) is 0 Å². The van der Waals surface area contributed by atoms with Crippen molar-refractivity contribution in [1.82, 2.24) is 5.32 Å². The first-order valence-corrected chi connectivity index (χ1v) is 14.6. The number of rotatable bonds is 11. The summed E-state index contributed by atoms with van der Waals surface area (Å²) in [6, 6.07) is -2.10. The van der Waals surface area contributed by atoms with Crippen LogP contribution in [-0.2, 0) is 18.9 Å². The molecule has 42 heavy (non-hydrogen) atoms. The van der Waals surface area contributed by atoms with Crippen LogP contribution in [0, 0.1) is 11.3 Å². The maximum absolute atomic E-state index is 11.5. The fourth-order valence-electron chi connectivity index (χ4n) is 5.33. The van der Waals surface area contributed by atoms with E-state index in [1.165, 1.54) is 0 Å². The quantitative estimate of drug-likeness (QED) is 0.0794. The van der Waals surface area contributed by atoms with Gasteiger partial charge in [-0.1, -0.05) is 13.8 Å². The van der Waals surface area contributed by atoms with Gasteiger partial charge < -0.3 is 72.7 Å². The molecule has 3 rings (SSSR count). The molecule has 0 aromatic rings. The van der Waals surface area contributed by atoms with Gasteiger partial charge >= 0.3 is 0 Å². The molecule has 0 spiro atoms. The number of hydrogen-bond acceptors (Lipinski definition) is 14. The molecule has 16 nitrogen and oxygen atoms in total. The summed E-state index contributed by atoms with van der Waals surface area (Å²) in [7, 11) is 0. The zero-order valence-corrected chi connectivity index (χ0v) is 24.6. The van der Waals surface area contributed by atoms with Gasteiger partial charge in [0.25, 0.3) is 0 Å². The van der Waals surface area contributed by atoms with Gasteiger partial charge in [-0.05, 0) is 32.6 Å². The monoisotopic (exact) mass is 605 g/mol. The molecule has 0 bridgehead atoms. The van der Waals surface area contributed by atoms with E-state index in [-0.39, 0.29) is 37.8 Å². The zero-order valence-electron chi connectivity index (χ0n) is 24.6. The second-order valence-corrected chi connectivity index (χ2v) is 11.9. The second kappa shape index (κ2) is 15.0. The Balaban J connectivity index is 1.77. The Kier molecular flexibility index (Phi) is 12.4. The van der Waals surface area contributed by atoms with Crippen molar-refractivity contribution >= 4 is 11.7 Å². The third kappa shape index (κ3) is 8.34. The molecule has 1 saturated carbocycles. The summed E-state index contributed by atoms with van der Waals surface area (Å²) < 4.78 is 23.9. The number of aliphatic imine (C=N–C) groups is 1. The summed E-state index contributed by atoms with van der Waals surface area (Å²) in [6.07, 6.45) is -7.81. The molecule has 8 unspecified atom stereocenters. The van der Waals surface area contributed by atoms with Crippen LogP contribution in [-0.4, -0.2) is 136 Å². The average Bonchev–Trinajstić information content (AvgIpc) is 2.96. The lowest BCUT2D eigenvalue weighted by molar-refractivity contribution is -0.313. The molecule has 0 amide bonds. The second-order valence-electron chi connectivity index (χ2n) is 11.9. The maximum atomic E-state index is 11.5. The van der Waals surface area contributed by atoms with Crippen LogP contribution in [0.15, 0.2) is 4.99 Å².